The zero-order valence-corrected chi connectivity index (χ0v) is 10.9. The van der Waals surface area contributed by atoms with E-state index in [-0.39, 0.29) is 6.04 Å². The Labute approximate surface area is 108 Å². The van der Waals surface area contributed by atoms with Crippen LogP contribution in [0.4, 0.5) is 0 Å². The summed E-state index contributed by atoms with van der Waals surface area (Å²) < 4.78 is 0. The summed E-state index contributed by atoms with van der Waals surface area (Å²) in [6.07, 6.45) is 0. The lowest BCUT2D eigenvalue weighted by atomic mass is 10.2. The van der Waals surface area contributed by atoms with Gasteiger partial charge in [0.05, 0.1) is 16.8 Å². The summed E-state index contributed by atoms with van der Waals surface area (Å²) in [5.41, 5.74) is 7.43. The van der Waals surface area contributed by atoms with Crippen molar-refractivity contribution in [3.05, 3.63) is 38.6 Å². The lowest BCUT2D eigenvalue weighted by molar-refractivity contribution is 0.808. The van der Waals surface area contributed by atoms with Crippen molar-refractivity contribution in [2.75, 3.05) is 0 Å². The molecule has 0 radical (unpaired) electrons. The Morgan fingerprint density at radius 3 is 2.75 bits per heavy atom. The van der Waals surface area contributed by atoms with Gasteiger partial charge in [-0.05, 0) is 25.1 Å². The molecule has 0 aliphatic carbocycles. The minimum atomic E-state index is -0.0586. The topological polar surface area (TPSA) is 38.9 Å². The number of hydrogen-bond donors (Lipinski definition) is 1. The first-order valence-electron chi connectivity index (χ1n) is 4.74. The van der Waals surface area contributed by atoms with Crippen molar-refractivity contribution in [2.24, 2.45) is 5.73 Å². The molecule has 0 aliphatic heterocycles. The van der Waals surface area contributed by atoms with Gasteiger partial charge in [-0.3, -0.25) is 0 Å². The van der Waals surface area contributed by atoms with Crippen LogP contribution >= 0.6 is 34.5 Å². The van der Waals surface area contributed by atoms with Gasteiger partial charge >= 0.3 is 0 Å². The molecule has 0 bridgehead atoms. The molecule has 16 heavy (non-hydrogen) atoms. The van der Waals surface area contributed by atoms with Gasteiger partial charge in [0.25, 0.3) is 0 Å². The molecule has 2 rings (SSSR count). The van der Waals surface area contributed by atoms with Crippen molar-refractivity contribution in [3.63, 3.8) is 0 Å². The van der Waals surface area contributed by atoms with Crippen molar-refractivity contribution < 1.29 is 0 Å². The van der Waals surface area contributed by atoms with Gasteiger partial charge in [-0.15, -0.1) is 11.3 Å². The van der Waals surface area contributed by atoms with Crippen LogP contribution in [0, 0.1) is 0 Å². The van der Waals surface area contributed by atoms with Gasteiger partial charge in [0, 0.05) is 16.0 Å². The summed E-state index contributed by atoms with van der Waals surface area (Å²) in [7, 11) is 0. The molecule has 1 unspecified atom stereocenters. The third-order valence-electron chi connectivity index (χ3n) is 2.12. The van der Waals surface area contributed by atoms with Gasteiger partial charge in [-0.2, -0.15) is 0 Å². The fraction of sp³-hybridized carbons (Fsp3) is 0.182. The Morgan fingerprint density at radius 2 is 2.12 bits per heavy atom. The molecular formula is C11H10Cl2N2S. The molecule has 1 aromatic carbocycles. The zero-order chi connectivity index (χ0) is 11.7. The van der Waals surface area contributed by atoms with E-state index in [4.69, 9.17) is 28.9 Å². The van der Waals surface area contributed by atoms with Crippen LogP contribution in [0.1, 0.15) is 18.0 Å². The maximum atomic E-state index is 6.09. The van der Waals surface area contributed by atoms with Crippen LogP contribution in [0.2, 0.25) is 10.0 Å². The fourth-order valence-electron chi connectivity index (χ4n) is 1.31. The second-order valence-electron chi connectivity index (χ2n) is 3.48. The van der Waals surface area contributed by atoms with E-state index in [0.717, 1.165) is 16.3 Å². The molecule has 0 aliphatic rings. The summed E-state index contributed by atoms with van der Waals surface area (Å²) in [5, 5.41) is 4.13. The first-order valence-corrected chi connectivity index (χ1v) is 6.38. The minimum absolute atomic E-state index is 0.0586. The van der Waals surface area contributed by atoms with E-state index in [9.17, 15) is 0 Å². The van der Waals surface area contributed by atoms with Crippen molar-refractivity contribution in [2.45, 2.75) is 13.0 Å². The smallest absolute Gasteiger partial charge is 0.110 e. The monoisotopic (exact) mass is 272 g/mol. The van der Waals surface area contributed by atoms with Gasteiger partial charge in [0.1, 0.15) is 5.01 Å². The summed E-state index contributed by atoms with van der Waals surface area (Å²) in [4.78, 5) is 4.43. The van der Waals surface area contributed by atoms with Crippen molar-refractivity contribution >= 4 is 34.5 Å². The Bertz CT molecular complexity index is 508. The summed E-state index contributed by atoms with van der Waals surface area (Å²) >= 11 is 13.6. The van der Waals surface area contributed by atoms with Crippen LogP contribution in [0.25, 0.3) is 11.3 Å². The molecule has 2 nitrogen and oxygen atoms in total. The molecule has 0 fully saturated rings. The zero-order valence-electron chi connectivity index (χ0n) is 8.58. The molecule has 0 amide bonds. The highest BCUT2D eigenvalue weighted by Gasteiger charge is 2.10. The van der Waals surface area contributed by atoms with Gasteiger partial charge in [-0.25, -0.2) is 4.98 Å². The highest BCUT2D eigenvalue weighted by Crippen LogP contribution is 2.32. The van der Waals surface area contributed by atoms with Gasteiger partial charge in [0.2, 0.25) is 0 Å². The first kappa shape index (κ1) is 11.9. The highest BCUT2D eigenvalue weighted by molar-refractivity contribution is 7.10. The molecule has 0 spiro atoms. The minimum Gasteiger partial charge on any atom is -0.322 e. The van der Waals surface area contributed by atoms with Crippen LogP contribution in [-0.4, -0.2) is 4.98 Å². The maximum absolute atomic E-state index is 6.09. The van der Waals surface area contributed by atoms with Crippen molar-refractivity contribution in [3.8, 4) is 11.3 Å². The Balaban J connectivity index is 2.46. The Morgan fingerprint density at radius 1 is 1.38 bits per heavy atom. The molecule has 1 heterocycles. The number of nitrogens with zero attached hydrogens (tertiary/aromatic N) is 1. The van der Waals surface area contributed by atoms with E-state index < -0.39 is 0 Å². The van der Waals surface area contributed by atoms with Crippen LogP contribution < -0.4 is 5.73 Å². The lowest BCUT2D eigenvalue weighted by Crippen LogP contribution is -2.03. The van der Waals surface area contributed by atoms with Crippen LogP contribution in [0.15, 0.2) is 23.6 Å². The Kier molecular flexibility index (Phi) is 3.50. The molecule has 5 heteroatoms. The van der Waals surface area contributed by atoms with Gasteiger partial charge in [-0.1, -0.05) is 23.2 Å². The van der Waals surface area contributed by atoms with E-state index >= 15 is 0 Å². The molecule has 1 aromatic heterocycles. The van der Waals surface area contributed by atoms with E-state index in [0.29, 0.717) is 10.0 Å². The first-order chi connectivity index (χ1) is 7.58. The molecular weight excluding hydrogens is 263 g/mol. The predicted octanol–water partition coefficient (Wildman–Crippen LogP) is 4.14. The molecule has 84 valence electrons. The highest BCUT2D eigenvalue weighted by atomic mass is 35.5. The summed E-state index contributed by atoms with van der Waals surface area (Å²) in [6.45, 7) is 1.90. The second-order valence-corrected chi connectivity index (χ2v) is 5.22. The molecule has 0 saturated heterocycles. The van der Waals surface area contributed by atoms with Gasteiger partial charge < -0.3 is 5.73 Å². The summed E-state index contributed by atoms with van der Waals surface area (Å²) in [5.74, 6) is 0. The predicted molar refractivity (Wildman–Crippen MR) is 70.2 cm³/mol. The number of aromatic nitrogens is 1. The normalized spacial score (nSPS) is 12.8. The standard InChI is InChI=1S/C11H10Cl2N2S/c1-6(14)11-15-10(5-16-11)8-4-7(12)2-3-9(8)13/h2-6H,14H2,1H3. The van der Waals surface area contributed by atoms with E-state index in [2.05, 4.69) is 4.98 Å². The average Bonchev–Trinajstić information content (AvgIpc) is 2.70. The number of hydrogen-bond acceptors (Lipinski definition) is 3. The second kappa shape index (κ2) is 4.72. The third-order valence-corrected chi connectivity index (χ3v) is 3.73. The van der Waals surface area contributed by atoms with Crippen LogP contribution in [-0.2, 0) is 0 Å². The van der Waals surface area contributed by atoms with Crippen molar-refractivity contribution in [1.29, 1.82) is 0 Å². The number of thiazole rings is 1. The number of rotatable bonds is 2. The average molecular weight is 273 g/mol. The van der Waals surface area contributed by atoms with Crippen molar-refractivity contribution in [1.82, 2.24) is 4.98 Å². The number of nitrogens with two attached hydrogens (primary N) is 1. The largest absolute Gasteiger partial charge is 0.322 e. The molecule has 0 saturated carbocycles. The third kappa shape index (κ3) is 2.38. The SMILES string of the molecule is CC(N)c1nc(-c2cc(Cl)ccc2Cl)cs1. The molecule has 1 atom stereocenters. The van der Waals surface area contributed by atoms with E-state index in [1.165, 1.54) is 11.3 Å². The molecule has 2 N–H and O–H groups in total. The fourth-order valence-corrected chi connectivity index (χ4v) is 2.48. The van der Waals surface area contributed by atoms with E-state index in [1.807, 2.05) is 18.4 Å². The summed E-state index contributed by atoms with van der Waals surface area (Å²) in [6, 6.07) is 5.27. The Hall–Kier alpha value is -0.610. The maximum Gasteiger partial charge on any atom is 0.110 e. The van der Waals surface area contributed by atoms with E-state index in [1.54, 1.807) is 12.1 Å². The molecule has 2 aromatic rings. The lowest BCUT2D eigenvalue weighted by Gasteiger charge is -2.01. The quantitative estimate of drug-likeness (QED) is 0.893. The van der Waals surface area contributed by atoms with Crippen LogP contribution in [0.3, 0.4) is 0 Å². The number of benzene rings is 1. The van der Waals surface area contributed by atoms with Crippen LogP contribution in [0.5, 0.6) is 0 Å². The number of halogens is 2. The van der Waals surface area contributed by atoms with Gasteiger partial charge in [0.15, 0.2) is 0 Å².